The van der Waals surface area contributed by atoms with E-state index in [2.05, 4.69) is 189 Å². The Morgan fingerprint density at radius 3 is 1.85 bits per heavy atom. The van der Waals surface area contributed by atoms with E-state index in [0.29, 0.717) is 5.25 Å². The summed E-state index contributed by atoms with van der Waals surface area (Å²) >= 11 is 3.90. The monoisotopic (exact) mass is 715 g/mol. The van der Waals surface area contributed by atoms with Crippen molar-refractivity contribution in [3.05, 3.63) is 187 Å². The van der Waals surface area contributed by atoms with E-state index >= 15 is 0 Å². The summed E-state index contributed by atoms with van der Waals surface area (Å²) in [6.45, 7) is 4.43. The molecule has 3 heteroatoms. The minimum atomic E-state index is 0.495. The first-order chi connectivity index (χ1) is 26.1. The molecule has 0 spiro atoms. The fourth-order valence-electron chi connectivity index (χ4n) is 8.03. The summed E-state index contributed by atoms with van der Waals surface area (Å²) in [6, 6.07) is 58.4. The highest BCUT2D eigenvalue weighted by atomic mass is 32.2. The maximum Gasteiger partial charge on any atom is 0.0476 e. The number of hydrogen-bond donors (Lipinski definition) is 0. The van der Waals surface area contributed by atoms with Crippen LogP contribution in [0.2, 0.25) is 0 Å². The van der Waals surface area contributed by atoms with Gasteiger partial charge in [-0.25, -0.2) is 0 Å². The largest absolute Gasteiger partial charge is 0.310 e. The van der Waals surface area contributed by atoms with E-state index in [1.165, 1.54) is 86.4 Å². The van der Waals surface area contributed by atoms with Gasteiger partial charge in [0.1, 0.15) is 0 Å². The molecular weight excluding hydrogens is 679 g/mol. The number of thioether (sulfide) groups is 1. The number of rotatable bonds is 6. The molecule has 7 aromatic carbocycles. The molecule has 0 saturated carbocycles. The third-order valence-corrected chi connectivity index (χ3v) is 13.1. The molecule has 1 aliphatic carbocycles. The molecular formula is C50H37NS2. The van der Waals surface area contributed by atoms with Gasteiger partial charge in [0.2, 0.25) is 0 Å². The van der Waals surface area contributed by atoms with Crippen molar-refractivity contribution in [1.29, 1.82) is 0 Å². The number of benzene rings is 7. The molecule has 0 radical (unpaired) electrons. The summed E-state index contributed by atoms with van der Waals surface area (Å²) in [5.41, 5.74) is 16.4. The summed E-state index contributed by atoms with van der Waals surface area (Å²) in [5, 5.41) is 3.14. The Labute approximate surface area is 319 Å². The van der Waals surface area contributed by atoms with Gasteiger partial charge in [0.05, 0.1) is 0 Å². The van der Waals surface area contributed by atoms with Crippen LogP contribution in [0.4, 0.5) is 17.1 Å². The zero-order valence-corrected chi connectivity index (χ0v) is 31.3. The molecule has 2 aliphatic rings. The van der Waals surface area contributed by atoms with E-state index < -0.39 is 0 Å². The van der Waals surface area contributed by atoms with E-state index in [0.717, 1.165) is 17.8 Å². The topological polar surface area (TPSA) is 3.24 Å². The Kier molecular flexibility index (Phi) is 7.93. The quantitative estimate of drug-likeness (QED) is 0.169. The van der Waals surface area contributed by atoms with Crippen molar-refractivity contribution in [2.75, 3.05) is 4.90 Å². The van der Waals surface area contributed by atoms with Gasteiger partial charge in [-0.05, 0) is 113 Å². The number of anilines is 3. The second-order valence-electron chi connectivity index (χ2n) is 14.3. The van der Waals surface area contributed by atoms with Crippen molar-refractivity contribution in [2.45, 2.75) is 30.4 Å². The van der Waals surface area contributed by atoms with Gasteiger partial charge in [0.15, 0.2) is 0 Å². The van der Waals surface area contributed by atoms with Crippen molar-refractivity contribution in [3.8, 4) is 33.4 Å². The molecule has 1 nitrogen and oxygen atoms in total. The van der Waals surface area contributed by atoms with Gasteiger partial charge in [-0.2, -0.15) is 0 Å². The Bertz CT molecular complexity index is 2740. The predicted molar refractivity (Wildman–Crippen MR) is 231 cm³/mol. The predicted octanol–water partition coefficient (Wildman–Crippen LogP) is 15.0. The summed E-state index contributed by atoms with van der Waals surface area (Å²) in [6.07, 6.45) is 5.75. The van der Waals surface area contributed by atoms with Crippen molar-refractivity contribution < 1.29 is 0 Å². The van der Waals surface area contributed by atoms with Crippen LogP contribution in [-0.2, 0) is 0 Å². The molecule has 53 heavy (non-hydrogen) atoms. The summed E-state index contributed by atoms with van der Waals surface area (Å²) in [5.74, 6) is 0. The maximum atomic E-state index is 2.46. The number of thiophene rings is 1. The maximum absolute atomic E-state index is 2.46. The van der Waals surface area contributed by atoms with Crippen LogP contribution >= 0.6 is 23.1 Å². The molecule has 8 aromatic rings. The zero-order valence-electron chi connectivity index (χ0n) is 29.7. The fourth-order valence-corrected chi connectivity index (χ4v) is 10.8. The molecule has 0 amide bonds. The fraction of sp³-hybridized carbons (Fsp3) is 0.0800. The van der Waals surface area contributed by atoms with Crippen molar-refractivity contribution in [3.63, 3.8) is 0 Å². The Balaban J connectivity index is 1.13. The summed E-state index contributed by atoms with van der Waals surface area (Å²) in [7, 11) is 0. The van der Waals surface area contributed by atoms with Crippen molar-refractivity contribution in [2.24, 2.45) is 0 Å². The molecule has 2 heterocycles. The SMILES string of the molecule is CC1=CC=C2c3ccc(N(c4ccc(-c5ccc(-c6ccccc6)cc5)c(-c5ccccc5)c4)c4ccc5c(c4)sc4cc(C)ccc45)cc3SC2C1. The smallest absolute Gasteiger partial charge is 0.0476 e. The van der Waals surface area contributed by atoms with Gasteiger partial charge in [-0.15, -0.1) is 23.1 Å². The molecule has 1 unspecified atom stereocenters. The molecule has 0 saturated heterocycles. The van der Waals surface area contributed by atoms with Crippen LogP contribution in [0.1, 0.15) is 24.5 Å². The first kappa shape index (κ1) is 32.1. The van der Waals surface area contributed by atoms with Crippen molar-refractivity contribution in [1.82, 2.24) is 0 Å². The highest BCUT2D eigenvalue weighted by Gasteiger charge is 2.30. The Morgan fingerprint density at radius 1 is 0.491 bits per heavy atom. The van der Waals surface area contributed by atoms with Gasteiger partial charge < -0.3 is 4.90 Å². The second-order valence-corrected chi connectivity index (χ2v) is 16.6. The van der Waals surface area contributed by atoms with Crippen LogP contribution in [0.25, 0.3) is 59.1 Å². The molecule has 0 fully saturated rings. The third-order valence-electron chi connectivity index (χ3n) is 10.7. The highest BCUT2D eigenvalue weighted by Crippen LogP contribution is 2.51. The lowest BCUT2D eigenvalue weighted by Gasteiger charge is -2.27. The number of aryl methyl sites for hydroxylation is 1. The van der Waals surface area contributed by atoms with Crippen molar-refractivity contribution >= 4 is 65.9 Å². The molecule has 0 N–H and O–H groups in total. The van der Waals surface area contributed by atoms with E-state index in [4.69, 9.17) is 0 Å². The number of nitrogens with zero attached hydrogens (tertiary/aromatic N) is 1. The summed E-state index contributed by atoms with van der Waals surface area (Å²) in [4.78, 5) is 3.83. The lowest BCUT2D eigenvalue weighted by atomic mass is 9.92. The molecule has 254 valence electrons. The molecule has 0 bridgehead atoms. The van der Waals surface area contributed by atoms with Gasteiger partial charge >= 0.3 is 0 Å². The number of hydrogen-bond acceptors (Lipinski definition) is 3. The lowest BCUT2D eigenvalue weighted by Crippen LogP contribution is -2.10. The van der Waals surface area contributed by atoms with Crippen LogP contribution in [0.5, 0.6) is 0 Å². The van der Waals surface area contributed by atoms with E-state index in [1.54, 1.807) is 0 Å². The average molecular weight is 716 g/mol. The Hall–Kier alpha value is -5.61. The van der Waals surface area contributed by atoms with Crippen LogP contribution in [0.3, 0.4) is 0 Å². The van der Waals surface area contributed by atoms with E-state index in [9.17, 15) is 0 Å². The highest BCUT2D eigenvalue weighted by molar-refractivity contribution is 8.00. The molecule has 10 rings (SSSR count). The number of fused-ring (bicyclic) bond motifs is 6. The Morgan fingerprint density at radius 2 is 1.08 bits per heavy atom. The minimum Gasteiger partial charge on any atom is -0.310 e. The van der Waals surface area contributed by atoms with Gasteiger partial charge in [0, 0.05) is 47.4 Å². The second kappa shape index (κ2) is 13.1. The molecule has 1 atom stereocenters. The van der Waals surface area contributed by atoms with Crippen LogP contribution in [-0.4, -0.2) is 5.25 Å². The first-order valence-corrected chi connectivity index (χ1v) is 20.0. The summed E-state index contributed by atoms with van der Waals surface area (Å²) < 4.78 is 2.64. The van der Waals surface area contributed by atoms with E-state index in [1.807, 2.05) is 23.1 Å². The van der Waals surface area contributed by atoms with Gasteiger partial charge in [0.25, 0.3) is 0 Å². The lowest BCUT2D eigenvalue weighted by molar-refractivity contribution is 1.00. The molecule has 1 aromatic heterocycles. The standard InChI is InChI=1S/C50H37NS2/c1-32-13-22-42-44-25-20-39(30-49(44)52-47(42)27-32)51(40-21-26-45-43-23-14-33(2)28-48(43)53-50(45)31-40)38-19-24-41(46(29-38)36-11-7-4-8-12-36)37-17-15-35(16-18-37)34-9-5-3-6-10-34/h3-27,29-31,48H,28H2,1-2H3. The average Bonchev–Trinajstić information content (AvgIpc) is 3.75. The third kappa shape index (κ3) is 5.81. The zero-order chi connectivity index (χ0) is 35.5. The van der Waals surface area contributed by atoms with Crippen LogP contribution in [0, 0.1) is 6.92 Å². The normalized spacial score (nSPS) is 14.9. The van der Waals surface area contributed by atoms with Crippen LogP contribution in [0.15, 0.2) is 180 Å². The first-order valence-electron chi connectivity index (χ1n) is 18.3. The number of allylic oxidation sites excluding steroid dienone is 3. The van der Waals surface area contributed by atoms with Gasteiger partial charge in [-0.3, -0.25) is 0 Å². The van der Waals surface area contributed by atoms with E-state index in [-0.39, 0.29) is 0 Å². The van der Waals surface area contributed by atoms with Crippen LogP contribution < -0.4 is 4.90 Å². The van der Waals surface area contributed by atoms with Gasteiger partial charge in [-0.1, -0.05) is 133 Å². The molecule has 1 aliphatic heterocycles. The minimum absolute atomic E-state index is 0.495.